The van der Waals surface area contributed by atoms with Gasteiger partial charge in [-0.05, 0) is 27.2 Å². The Balaban J connectivity index is 2.37. The third-order valence-electron chi connectivity index (χ3n) is 1.44. The Kier molecular flexibility index (Phi) is 2.79. The van der Waals surface area contributed by atoms with Gasteiger partial charge in [-0.1, -0.05) is 0 Å². The average Bonchev–Trinajstić information content (AvgIpc) is 2.12. The highest BCUT2D eigenvalue weighted by molar-refractivity contribution is 6.21. The minimum atomic E-state index is -0.211. The Labute approximate surface area is 72.8 Å². The van der Waals surface area contributed by atoms with Gasteiger partial charge in [0.05, 0.1) is 17.6 Å². The van der Waals surface area contributed by atoms with Crippen LogP contribution in [0.3, 0.4) is 0 Å². The van der Waals surface area contributed by atoms with Crippen molar-refractivity contribution < 1.29 is 9.47 Å². The molecule has 1 aliphatic rings. The van der Waals surface area contributed by atoms with Gasteiger partial charge in [0.25, 0.3) is 0 Å². The van der Waals surface area contributed by atoms with E-state index < -0.39 is 0 Å². The van der Waals surface area contributed by atoms with Crippen LogP contribution in [0.1, 0.15) is 27.2 Å². The maximum Gasteiger partial charge on any atom is 0.174 e. The molecule has 0 aliphatic carbocycles. The monoisotopic (exact) mass is 178 g/mol. The van der Waals surface area contributed by atoms with Crippen LogP contribution >= 0.6 is 11.6 Å². The van der Waals surface area contributed by atoms with Crippen molar-refractivity contribution in [2.75, 3.05) is 6.61 Å². The maximum atomic E-state index is 5.93. The van der Waals surface area contributed by atoms with Gasteiger partial charge in [0.1, 0.15) is 0 Å². The molecule has 0 radical (unpaired) electrons. The quantitative estimate of drug-likeness (QED) is 0.573. The second-order valence-corrected chi connectivity index (χ2v) is 4.33. The molecule has 0 N–H and O–H groups in total. The number of ether oxygens (including phenoxy) is 2. The van der Waals surface area contributed by atoms with Crippen LogP contribution in [0.15, 0.2) is 0 Å². The summed E-state index contributed by atoms with van der Waals surface area (Å²) in [6.45, 7) is 6.71. The van der Waals surface area contributed by atoms with Crippen LogP contribution < -0.4 is 0 Å². The largest absolute Gasteiger partial charge is 0.351 e. The Morgan fingerprint density at radius 2 is 2.09 bits per heavy atom. The first-order valence-electron chi connectivity index (χ1n) is 3.92. The summed E-state index contributed by atoms with van der Waals surface area (Å²) in [7, 11) is 0. The molecule has 1 fully saturated rings. The highest BCUT2D eigenvalue weighted by atomic mass is 35.5. The summed E-state index contributed by atoms with van der Waals surface area (Å²) in [6, 6.07) is 0. The van der Waals surface area contributed by atoms with Gasteiger partial charge in [0, 0.05) is 0 Å². The molecule has 0 aromatic heterocycles. The zero-order chi connectivity index (χ0) is 8.48. The Hall–Kier alpha value is 0.210. The lowest BCUT2D eigenvalue weighted by Crippen LogP contribution is -2.31. The third-order valence-corrected chi connectivity index (χ3v) is 1.86. The first-order chi connectivity index (χ1) is 4.99. The topological polar surface area (TPSA) is 18.5 Å². The number of halogens is 1. The molecule has 1 rings (SSSR count). The third kappa shape index (κ3) is 2.97. The van der Waals surface area contributed by atoms with E-state index in [4.69, 9.17) is 21.1 Å². The average molecular weight is 179 g/mol. The Bertz CT molecular complexity index is 131. The fourth-order valence-electron chi connectivity index (χ4n) is 0.994. The highest BCUT2D eigenvalue weighted by Crippen LogP contribution is 2.24. The van der Waals surface area contributed by atoms with Crippen molar-refractivity contribution in [3.05, 3.63) is 0 Å². The summed E-state index contributed by atoms with van der Waals surface area (Å²) in [5.74, 6) is 0. The zero-order valence-electron chi connectivity index (χ0n) is 7.26. The van der Waals surface area contributed by atoms with E-state index in [-0.39, 0.29) is 17.3 Å². The van der Waals surface area contributed by atoms with Crippen LogP contribution in [0.4, 0.5) is 0 Å². The van der Waals surface area contributed by atoms with E-state index in [9.17, 15) is 0 Å². The summed E-state index contributed by atoms with van der Waals surface area (Å²) in [4.78, 5) is 0. The standard InChI is InChI=1S/C8H15ClO2/c1-8(2,3)11-7-6(9)4-5-10-7/h6-7H,4-5H2,1-3H3. The van der Waals surface area contributed by atoms with Gasteiger partial charge >= 0.3 is 0 Å². The predicted molar refractivity (Wildman–Crippen MR) is 44.8 cm³/mol. The van der Waals surface area contributed by atoms with Crippen molar-refractivity contribution in [1.82, 2.24) is 0 Å². The first-order valence-corrected chi connectivity index (χ1v) is 4.36. The van der Waals surface area contributed by atoms with E-state index in [2.05, 4.69) is 0 Å². The molecule has 2 unspecified atom stereocenters. The van der Waals surface area contributed by atoms with Crippen LogP contribution in [0.25, 0.3) is 0 Å². The summed E-state index contributed by atoms with van der Waals surface area (Å²) in [5.41, 5.74) is -0.165. The molecule has 1 aliphatic heterocycles. The first kappa shape index (κ1) is 9.30. The van der Waals surface area contributed by atoms with Crippen LogP contribution in [0.5, 0.6) is 0 Å². The molecule has 0 saturated carbocycles. The van der Waals surface area contributed by atoms with Crippen molar-refractivity contribution >= 4 is 11.6 Å². The highest BCUT2D eigenvalue weighted by Gasteiger charge is 2.30. The molecular formula is C8H15ClO2. The molecule has 0 aromatic rings. The van der Waals surface area contributed by atoms with Crippen molar-refractivity contribution in [2.45, 2.75) is 44.5 Å². The van der Waals surface area contributed by atoms with Gasteiger partial charge < -0.3 is 9.47 Å². The summed E-state index contributed by atoms with van der Waals surface area (Å²) in [6.07, 6.45) is 0.680. The number of hydrogen-bond donors (Lipinski definition) is 0. The van der Waals surface area contributed by atoms with E-state index in [0.29, 0.717) is 0 Å². The number of hydrogen-bond acceptors (Lipinski definition) is 2. The number of rotatable bonds is 1. The fourth-order valence-corrected chi connectivity index (χ4v) is 1.21. The lowest BCUT2D eigenvalue weighted by atomic mass is 10.2. The second-order valence-electron chi connectivity index (χ2n) is 3.77. The van der Waals surface area contributed by atoms with E-state index in [1.54, 1.807) is 0 Å². The summed E-state index contributed by atoms with van der Waals surface area (Å²) < 4.78 is 10.8. The molecule has 2 nitrogen and oxygen atoms in total. The van der Waals surface area contributed by atoms with Gasteiger partial charge in [-0.15, -0.1) is 11.6 Å². The second kappa shape index (κ2) is 3.30. The van der Waals surface area contributed by atoms with Gasteiger partial charge in [-0.2, -0.15) is 0 Å². The smallest absolute Gasteiger partial charge is 0.174 e. The van der Waals surface area contributed by atoms with E-state index in [0.717, 1.165) is 13.0 Å². The Morgan fingerprint density at radius 3 is 2.45 bits per heavy atom. The summed E-state index contributed by atoms with van der Waals surface area (Å²) in [5, 5.41) is 0.0224. The molecule has 0 aromatic carbocycles. The van der Waals surface area contributed by atoms with Gasteiger partial charge in [0.15, 0.2) is 6.29 Å². The van der Waals surface area contributed by atoms with Crippen molar-refractivity contribution in [2.24, 2.45) is 0 Å². The van der Waals surface area contributed by atoms with Crippen molar-refractivity contribution in [3.8, 4) is 0 Å². The van der Waals surface area contributed by atoms with Crippen LogP contribution in [-0.4, -0.2) is 23.9 Å². The van der Waals surface area contributed by atoms with Gasteiger partial charge in [-0.3, -0.25) is 0 Å². The molecular weight excluding hydrogens is 164 g/mol. The molecule has 2 atom stereocenters. The molecule has 11 heavy (non-hydrogen) atoms. The van der Waals surface area contributed by atoms with Crippen molar-refractivity contribution in [3.63, 3.8) is 0 Å². The molecule has 66 valence electrons. The lowest BCUT2D eigenvalue weighted by Gasteiger charge is -2.25. The lowest BCUT2D eigenvalue weighted by molar-refractivity contribution is -0.169. The van der Waals surface area contributed by atoms with E-state index >= 15 is 0 Å². The number of alkyl halides is 1. The summed E-state index contributed by atoms with van der Waals surface area (Å²) >= 11 is 5.93. The van der Waals surface area contributed by atoms with E-state index in [1.807, 2.05) is 20.8 Å². The van der Waals surface area contributed by atoms with Crippen LogP contribution in [-0.2, 0) is 9.47 Å². The molecule has 0 spiro atoms. The zero-order valence-corrected chi connectivity index (χ0v) is 8.02. The SMILES string of the molecule is CC(C)(C)OC1OCCC1Cl. The molecule has 1 heterocycles. The van der Waals surface area contributed by atoms with Crippen LogP contribution in [0, 0.1) is 0 Å². The fraction of sp³-hybridized carbons (Fsp3) is 1.00. The van der Waals surface area contributed by atoms with Crippen molar-refractivity contribution in [1.29, 1.82) is 0 Å². The minimum Gasteiger partial charge on any atom is -0.351 e. The van der Waals surface area contributed by atoms with Gasteiger partial charge in [0.2, 0.25) is 0 Å². The predicted octanol–water partition coefficient (Wildman–Crippen LogP) is 2.16. The van der Waals surface area contributed by atoms with Crippen LogP contribution in [0.2, 0.25) is 0 Å². The Morgan fingerprint density at radius 1 is 1.45 bits per heavy atom. The minimum absolute atomic E-state index is 0.0224. The maximum absolute atomic E-state index is 5.93. The molecule has 0 bridgehead atoms. The van der Waals surface area contributed by atoms with Gasteiger partial charge in [-0.25, -0.2) is 0 Å². The molecule has 1 saturated heterocycles. The van der Waals surface area contributed by atoms with E-state index in [1.165, 1.54) is 0 Å². The normalized spacial score (nSPS) is 32.7. The molecule has 3 heteroatoms. The molecule has 0 amide bonds.